The first-order valence-corrected chi connectivity index (χ1v) is 20.0. The third-order valence-electron chi connectivity index (χ3n) is 10.3. The number of nitrogens with zero attached hydrogens (tertiary/aromatic N) is 4. The maximum absolute atomic E-state index is 12.8. The number of nitrogens with one attached hydrogen (secondary N) is 2. The molecule has 1 aromatic heterocycles. The Kier molecular flexibility index (Phi) is 23.9. The second-order valence-corrected chi connectivity index (χ2v) is 14.6. The van der Waals surface area contributed by atoms with Crippen molar-refractivity contribution in [2.75, 3.05) is 33.7 Å². The Morgan fingerprint density at radius 2 is 1.52 bits per heavy atom. The standard InChI is InChI=1S/C25H35N3.C20H29N2O.C3H7N.Y/c1-8-26-18(4)9-10-19(5)28-20(6)24-15-22-11-13-27(17(2)3)14-12-23(22)16-25(24)21(28)7;1-6-10-18(9-4)22(5)20(23)19-12-11-16(14-17(19)8-3)15-21-13-7-2;1-3-4-2;/h8,15-17,19,26H,1,4,6-7,9-14H2,2-3,5H3;8-9,11-12,14,18H,3-4,6-7,10,13,15H2,1-2,5H3;3-4H,1H2,2H3;/q;-1;;. The largest absolute Gasteiger partial charge is 0.658 e. The number of carbonyl (C=O) groups is 1. The van der Waals surface area contributed by atoms with Gasteiger partial charge in [-0.2, -0.15) is 0 Å². The molecule has 2 aromatic carbocycles. The van der Waals surface area contributed by atoms with Crippen LogP contribution in [0.3, 0.4) is 0 Å². The van der Waals surface area contributed by atoms with Crippen LogP contribution >= 0.6 is 0 Å². The van der Waals surface area contributed by atoms with Crippen molar-refractivity contribution in [2.45, 2.75) is 104 Å². The number of rotatable bonds is 18. The van der Waals surface area contributed by atoms with Gasteiger partial charge in [-0.3, -0.25) is 4.79 Å². The average molecular weight is 837 g/mol. The van der Waals surface area contributed by atoms with E-state index in [1.165, 1.54) is 21.9 Å². The van der Waals surface area contributed by atoms with Crippen molar-refractivity contribution in [3.05, 3.63) is 131 Å². The van der Waals surface area contributed by atoms with E-state index in [0.717, 1.165) is 92.1 Å². The van der Waals surface area contributed by atoms with Crippen LogP contribution in [0.15, 0.2) is 87.4 Å². The topological polar surface area (TPSA) is 66.6 Å². The fraction of sp³-hybridized carbons (Fsp3) is 0.438. The molecule has 3 aromatic rings. The molecule has 0 saturated carbocycles. The molecule has 0 fully saturated rings. The van der Waals surface area contributed by atoms with Crippen molar-refractivity contribution < 1.29 is 37.5 Å². The van der Waals surface area contributed by atoms with E-state index in [9.17, 15) is 4.79 Å². The Labute approximate surface area is 365 Å². The molecule has 0 saturated heterocycles. The summed E-state index contributed by atoms with van der Waals surface area (Å²) in [6.45, 7) is 42.5. The van der Waals surface area contributed by atoms with Crippen LogP contribution in [0.4, 0.5) is 0 Å². The molecular formula is C48H71N6OY-. The van der Waals surface area contributed by atoms with Crippen LogP contribution < -0.4 is 21.3 Å². The van der Waals surface area contributed by atoms with E-state index in [1.807, 2.05) is 38.4 Å². The Morgan fingerprint density at radius 3 is 1.98 bits per heavy atom. The molecule has 303 valence electrons. The van der Waals surface area contributed by atoms with Crippen molar-refractivity contribution in [1.29, 1.82) is 0 Å². The molecule has 1 aliphatic heterocycles. The van der Waals surface area contributed by atoms with Gasteiger partial charge in [-0.05, 0) is 100 Å². The monoisotopic (exact) mass is 836 g/mol. The molecule has 2 N–H and O–H groups in total. The molecule has 4 rings (SSSR count). The summed E-state index contributed by atoms with van der Waals surface area (Å²) >= 11 is 0. The van der Waals surface area contributed by atoms with Crippen molar-refractivity contribution in [3.63, 3.8) is 0 Å². The van der Waals surface area contributed by atoms with Crippen LogP contribution in [0.5, 0.6) is 0 Å². The molecule has 0 spiro atoms. The molecule has 8 heteroatoms. The third kappa shape index (κ3) is 14.5. The Hall–Kier alpha value is -3.49. The molecule has 2 atom stereocenters. The zero-order chi connectivity index (χ0) is 41.1. The number of hydrogen-bond acceptors (Lipinski definition) is 4. The molecule has 7 nitrogen and oxygen atoms in total. The number of aromatic nitrogens is 1. The van der Waals surface area contributed by atoms with Gasteiger partial charge in [0.25, 0.3) is 5.91 Å². The number of likely N-dealkylation sites (N-methyl/N-ethyl adjacent to an activating group) is 1. The van der Waals surface area contributed by atoms with Gasteiger partial charge in [0, 0.05) is 111 Å². The molecule has 1 amide bonds. The quantitative estimate of drug-likeness (QED) is 0.0992. The fourth-order valence-electron chi connectivity index (χ4n) is 7.02. The normalized spacial score (nSPS) is 13.2. The summed E-state index contributed by atoms with van der Waals surface area (Å²) < 4.78 is 2.31. The Bertz CT molecular complexity index is 1780. The van der Waals surface area contributed by atoms with E-state index in [1.54, 1.807) is 23.4 Å². The Morgan fingerprint density at radius 1 is 0.929 bits per heavy atom. The number of fused-ring (bicyclic) bond motifs is 2. The molecule has 2 unspecified atom stereocenters. The second kappa shape index (κ2) is 26.4. The third-order valence-corrected chi connectivity index (χ3v) is 10.3. The van der Waals surface area contributed by atoms with Gasteiger partial charge < -0.3 is 30.3 Å². The van der Waals surface area contributed by atoms with Crippen molar-refractivity contribution in [3.8, 4) is 0 Å². The molecule has 1 radical (unpaired) electrons. The average Bonchev–Trinajstić information content (AvgIpc) is 3.29. The van der Waals surface area contributed by atoms with E-state index in [0.29, 0.717) is 24.2 Å². The molecule has 56 heavy (non-hydrogen) atoms. The minimum Gasteiger partial charge on any atom is -0.658 e. The number of hydrogen-bond donors (Lipinski definition) is 2. The predicted octanol–water partition coefficient (Wildman–Crippen LogP) is 9.25. The van der Waals surface area contributed by atoms with Crippen LogP contribution in [0.25, 0.3) is 35.3 Å². The van der Waals surface area contributed by atoms with Crippen LogP contribution in [0.1, 0.15) is 105 Å². The Balaban J connectivity index is 0.000000511. The molecule has 2 heterocycles. The van der Waals surface area contributed by atoms with Gasteiger partial charge in [0.05, 0.1) is 0 Å². The summed E-state index contributed by atoms with van der Waals surface area (Å²) in [5.74, 6) is 0.00953. The van der Waals surface area contributed by atoms with Gasteiger partial charge >= 0.3 is 0 Å². The van der Waals surface area contributed by atoms with Gasteiger partial charge in [-0.1, -0.05) is 96.0 Å². The summed E-state index contributed by atoms with van der Waals surface area (Å²) in [5, 5.41) is 14.9. The first-order chi connectivity index (χ1) is 26.3. The van der Waals surface area contributed by atoms with E-state index < -0.39 is 0 Å². The summed E-state index contributed by atoms with van der Waals surface area (Å²) in [6.07, 6.45) is 14.0. The van der Waals surface area contributed by atoms with Gasteiger partial charge in [0.1, 0.15) is 0 Å². The van der Waals surface area contributed by atoms with Gasteiger partial charge in [0.15, 0.2) is 0 Å². The minimum atomic E-state index is 0. The van der Waals surface area contributed by atoms with Crippen molar-refractivity contribution in [1.82, 2.24) is 25.0 Å². The number of amides is 1. The SMILES string of the molecule is C=CNC.C=CNC(=C)CCC(C)n1c(=C)c2cc3c(cc2c1=C)CCN(C(C)C)CC3.C=Cc1cc(C[N-]CCC)ccc1C(=O)N(C)C(C=C)CCC.[Y]. The maximum Gasteiger partial charge on any atom is 0.254 e. The maximum atomic E-state index is 12.8. The van der Waals surface area contributed by atoms with Gasteiger partial charge in [0.2, 0.25) is 0 Å². The van der Waals surface area contributed by atoms with E-state index in [2.05, 4.69) is 118 Å². The summed E-state index contributed by atoms with van der Waals surface area (Å²) in [7, 11) is 3.65. The van der Waals surface area contributed by atoms with Gasteiger partial charge in [-0.15, -0.1) is 19.7 Å². The zero-order valence-electron chi connectivity index (χ0n) is 35.9. The van der Waals surface area contributed by atoms with Gasteiger partial charge in [-0.25, -0.2) is 0 Å². The van der Waals surface area contributed by atoms with E-state index in [4.69, 9.17) is 0 Å². The van der Waals surface area contributed by atoms with Crippen LogP contribution in [0.2, 0.25) is 0 Å². The first-order valence-electron chi connectivity index (χ1n) is 20.0. The first kappa shape index (κ1) is 50.5. The van der Waals surface area contributed by atoms with Crippen molar-refractivity contribution >= 4 is 35.9 Å². The molecular weight excluding hydrogens is 765 g/mol. The smallest absolute Gasteiger partial charge is 0.254 e. The van der Waals surface area contributed by atoms with Crippen LogP contribution in [-0.2, 0) is 52.1 Å². The second-order valence-electron chi connectivity index (χ2n) is 14.6. The molecule has 0 bridgehead atoms. The summed E-state index contributed by atoms with van der Waals surface area (Å²) in [4.78, 5) is 17.1. The molecule has 0 aliphatic carbocycles. The molecule has 1 aliphatic rings. The number of allylic oxidation sites excluding steroid dienone is 1. The predicted molar refractivity (Wildman–Crippen MR) is 242 cm³/mol. The van der Waals surface area contributed by atoms with E-state index >= 15 is 0 Å². The number of carbonyl (C=O) groups excluding carboxylic acids is 1. The van der Waals surface area contributed by atoms with E-state index in [-0.39, 0.29) is 44.7 Å². The number of benzene rings is 2. The van der Waals surface area contributed by atoms with Crippen LogP contribution in [0, 0.1) is 0 Å². The fourth-order valence-corrected chi connectivity index (χ4v) is 7.02. The minimum absolute atomic E-state index is 0. The zero-order valence-corrected chi connectivity index (χ0v) is 38.8. The van der Waals surface area contributed by atoms with Crippen LogP contribution in [-0.4, -0.2) is 66.1 Å². The summed E-state index contributed by atoms with van der Waals surface area (Å²) in [5.41, 5.74) is 6.62. The summed E-state index contributed by atoms with van der Waals surface area (Å²) in [6, 6.07) is 11.6. The van der Waals surface area contributed by atoms with Crippen molar-refractivity contribution in [2.24, 2.45) is 0 Å².